The highest BCUT2D eigenvalue weighted by Gasteiger charge is 2.44. The number of aromatic nitrogens is 2. The summed E-state index contributed by atoms with van der Waals surface area (Å²) < 4.78 is 5.19. The number of benzene rings is 2. The van der Waals surface area contributed by atoms with Crippen molar-refractivity contribution in [2.24, 2.45) is 0 Å². The lowest BCUT2D eigenvalue weighted by Crippen LogP contribution is -2.30. The SMILES string of the molecule is CCCOC(=O)c1ccc(CN2C(=O)C(O)=C(C(=O)c3sc(-c4ccccc4)nc3C)C2c2cccnc2)cc1. The van der Waals surface area contributed by atoms with Gasteiger partial charge in [-0.15, -0.1) is 11.3 Å². The van der Waals surface area contributed by atoms with Gasteiger partial charge in [0.05, 0.1) is 34.4 Å². The van der Waals surface area contributed by atoms with Crippen molar-refractivity contribution in [3.63, 3.8) is 0 Å². The van der Waals surface area contributed by atoms with E-state index in [9.17, 15) is 19.5 Å². The number of hydrogen-bond donors (Lipinski definition) is 1. The Hall–Kier alpha value is -4.63. The predicted molar refractivity (Wildman–Crippen MR) is 151 cm³/mol. The maximum Gasteiger partial charge on any atom is 0.338 e. The van der Waals surface area contributed by atoms with Gasteiger partial charge in [-0.2, -0.15) is 0 Å². The third kappa shape index (κ3) is 5.28. The van der Waals surface area contributed by atoms with Crippen LogP contribution in [0, 0.1) is 6.92 Å². The average molecular weight is 554 g/mol. The van der Waals surface area contributed by atoms with E-state index in [1.54, 1.807) is 55.7 Å². The van der Waals surface area contributed by atoms with Gasteiger partial charge in [0.2, 0.25) is 5.78 Å². The standard InChI is InChI=1S/C31H27N3O5S/c1-3-16-39-31(38)22-13-11-20(12-14-22)18-34-25(23-10-7-15-32-17-23)24(27(36)30(34)37)26(35)28-19(2)33-29(40-28)21-8-5-4-6-9-21/h4-15,17,25,36H,3,16,18H2,1-2H3. The monoisotopic (exact) mass is 553 g/mol. The van der Waals surface area contributed by atoms with Crippen molar-refractivity contribution in [1.29, 1.82) is 0 Å². The van der Waals surface area contributed by atoms with E-state index in [2.05, 4.69) is 9.97 Å². The van der Waals surface area contributed by atoms with E-state index in [-0.39, 0.29) is 12.1 Å². The molecule has 0 aliphatic carbocycles. The number of thiazole rings is 1. The summed E-state index contributed by atoms with van der Waals surface area (Å²) in [6.45, 7) is 4.10. The maximum atomic E-state index is 14.0. The quantitative estimate of drug-likeness (QED) is 0.204. The van der Waals surface area contributed by atoms with Crippen LogP contribution in [0.2, 0.25) is 0 Å². The molecule has 1 unspecified atom stereocenters. The summed E-state index contributed by atoms with van der Waals surface area (Å²) in [5.41, 5.74) is 3.10. The van der Waals surface area contributed by atoms with Crippen LogP contribution in [0.5, 0.6) is 0 Å². The van der Waals surface area contributed by atoms with E-state index < -0.39 is 29.5 Å². The Labute approximate surface area is 235 Å². The number of amides is 1. The molecule has 0 saturated heterocycles. The number of nitrogens with zero attached hydrogens (tertiary/aromatic N) is 3. The molecule has 0 radical (unpaired) electrons. The van der Waals surface area contributed by atoms with Gasteiger partial charge in [0, 0.05) is 24.5 Å². The van der Waals surface area contributed by atoms with Crippen LogP contribution in [-0.4, -0.2) is 44.2 Å². The van der Waals surface area contributed by atoms with Crippen molar-refractivity contribution in [1.82, 2.24) is 14.9 Å². The van der Waals surface area contributed by atoms with Crippen molar-refractivity contribution in [3.8, 4) is 10.6 Å². The first-order valence-corrected chi connectivity index (χ1v) is 13.7. The number of aryl methyl sites for hydroxylation is 1. The molecule has 0 bridgehead atoms. The number of ketones is 1. The molecule has 40 heavy (non-hydrogen) atoms. The molecule has 2 aromatic carbocycles. The van der Waals surface area contributed by atoms with Crippen molar-refractivity contribution >= 4 is 29.0 Å². The number of esters is 1. The highest BCUT2D eigenvalue weighted by atomic mass is 32.1. The lowest BCUT2D eigenvalue weighted by Gasteiger charge is -2.26. The number of carbonyl (C=O) groups is 3. The molecule has 202 valence electrons. The Morgan fingerprint density at radius 1 is 1.05 bits per heavy atom. The molecule has 1 aliphatic rings. The lowest BCUT2D eigenvalue weighted by molar-refractivity contribution is -0.130. The lowest BCUT2D eigenvalue weighted by atomic mass is 9.96. The van der Waals surface area contributed by atoms with Crippen molar-refractivity contribution in [3.05, 3.63) is 118 Å². The molecule has 1 aliphatic heterocycles. The summed E-state index contributed by atoms with van der Waals surface area (Å²) in [6, 6.07) is 18.9. The van der Waals surface area contributed by atoms with E-state index in [1.807, 2.05) is 37.3 Å². The number of aliphatic hydroxyl groups excluding tert-OH is 1. The molecule has 0 fully saturated rings. The number of aliphatic hydroxyl groups is 1. The van der Waals surface area contributed by atoms with Gasteiger partial charge in [-0.05, 0) is 42.7 Å². The molecule has 1 amide bonds. The molecular weight excluding hydrogens is 526 g/mol. The van der Waals surface area contributed by atoms with Gasteiger partial charge in [0.1, 0.15) is 5.01 Å². The van der Waals surface area contributed by atoms with Crippen LogP contribution in [0.1, 0.15) is 56.2 Å². The minimum absolute atomic E-state index is 0.0101. The van der Waals surface area contributed by atoms with E-state index in [0.29, 0.717) is 33.3 Å². The molecule has 4 aromatic rings. The molecule has 1 N–H and O–H groups in total. The van der Waals surface area contributed by atoms with Crippen molar-refractivity contribution in [2.45, 2.75) is 32.9 Å². The third-order valence-corrected chi connectivity index (χ3v) is 7.76. The fourth-order valence-electron chi connectivity index (χ4n) is 4.59. The molecule has 0 saturated carbocycles. The Bertz CT molecular complexity index is 1580. The number of pyridine rings is 1. The van der Waals surface area contributed by atoms with E-state index in [0.717, 1.165) is 17.5 Å². The van der Waals surface area contributed by atoms with Gasteiger partial charge in [-0.25, -0.2) is 9.78 Å². The fraction of sp³-hybridized carbons (Fsp3) is 0.194. The molecule has 0 spiro atoms. The van der Waals surface area contributed by atoms with Gasteiger partial charge in [-0.3, -0.25) is 14.6 Å². The first-order chi connectivity index (χ1) is 19.4. The fourth-order valence-corrected chi connectivity index (χ4v) is 5.61. The largest absolute Gasteiger partial charge is 0.503 e. The smallest absolute Gasteiger partial charge is 0.338 e. The molecule has 5 rings (SSSR count). The van der Waals surface area contributed by atoms with Gasteiger partial charge in [0.25, 0.3) is 5.91 Å². The van der Waals surface area contributed by atoms with Gasteiger partial charge >= 0.3 is 5.97 Å². The highest BCUT2D eigenvalue weighted by molar-refractivity contribution is 7.17. The van der Waals surface area contributed by atoms with E-state index >= 15 is 0 Å². The molecule has 2 aromatic heterocycles. The second-order valence-corrected chi connectivity index (χ2v) is 10.3. The van der Waals surface area contributed by atoms with E-state index in [1.165, 1.54) is 16.2 Å². The number of Topliss-reactive ketones (excluding diaryl/α,β-unsaturated/α-hetero) is 1. The number of hydrogen-bond acceptors (Lipinski definition) is 8. The van der Waals surface area contributed by atoms with Crippen molar-refractivity contribution < 1.29 is 24.2 Å². The summed E-state index contributed by atoms with van der Waals surface area (Å²) in [5, 5.41) is 11.7. The zero-order valence-electron chi connectivity index (χ0n) is 22.0. The summed E-state index contributed by atoms with van der Waals surface area (Å²) in [7, 11) is 0. The number of ether oxygens (including phenoxy) is 1. The third-order valence-electron chi connectivity index (χ3n) is 6.55. The predicted octanol–water partition coefficient (Wildman–Crippen LogP) is 5.86. The highest BCUT2D eigenvalue weighted by Crippen LogP contribution is 2.41. The topological polar surface area (TPSA) is 110 Å². The Balaban J connectivity index is 1.48. The first kappa shape index (κ1) is 27.0. The Morgan fingerprint density at radius 3 is 2.48 bits per heavy atom. The molecule has 9 heteroatoms. The first-order valence-electron chi connectivity index (χ1n) is 12.9. The summed E-state index contributed by atoms with van der Waals surface area (Å²) in [6.07, 6.45) is 3.91. The second-order valence-electron chi connectivity index (χ2n) is 9.35. The summed E-state index contributed by atoms with van der Waals surface area (Å²) >= 11 is 1.23. The van der Waals surface area contributed by atoms with Gasteiger partial charge in [-0.1, -0.05) is 55.5 Å². The second kappa shape index (κ2) is 11.6. The van der Waals surface area contributed by atoms with Gasteiger partial charge in [0.15, 0.2) is 5.76 Å². The summed E-state index contributed by atoms with van der Waals surface area (Å²) in [5.74, 6) is -2.11. The van der Waals surface area contributed by atoms with E-state index in [4.69, 9.17) is 4.74 Å². The molecule has 1 atom stereocenters. The minimum Gasteiger partial charge on any atom is -0.503 e. The zero-order chi connectivity index (χ0) is 28.2. The van der Waals surface area contributed by atoms with Crippen LogP contribution < -0.4 is 0 Å². The Kier molecular flexibility index (Phi) is 7.84. The van der Waals surface area contributed by atoms with Crippen LogP contribution in [-0.2, 0) is 16.1 Å². The average Bonchev–Trinajstić information content (AvgIpc) is 3.49. The normalized spacial score (nSPS) is 15.0. The zero-order valence-corrected chi connectivity index (χ0v) is 22.9. The van der Waals surface area contributed by atoms with Gasteiger partial charge < -0.3 is 14.7 Å². The number of carbonyl (C=O) groups excluding carboxylic acids is 3. The van der Waals surface area contributed by atoms with Crippen molar-refractivity contribution in [2.75, 3.05) is 6.61 Å². The van der Waals surface area contributed by atoms with Crippen LogP contribution in [0.15, 0.2) is 90.5 Å². The molecule has 8 nitrogen and oxygen atoms in total. The molecule has 3 heterocycles. The maximum absolute atomic E-state index is 14.0. The minimum atomic E-state index is -0.857. The van der Waals surface area contributed by atoms with Crippen LogP contribution in [0.3, 0.4) is 0 Å². The number of rotatable bonds is 9. The molecular formula is C31H27N3O5S. The Morgan fingerprint density at radius 2 is 1.80 bits per heavy atom. The van der Waals surface area contributed by atoms with Crippen LogP contribution in [0.4, 0.5) is 0 Å². The van der Waals surface area contributed by atoms with Crippen LogP contribution in [0.25, 0.3) is 10.6 Å². The van der Waals surface area contributed by atoms with Crippen LogP contribution >= 0.6 is 11.3 Å². The summed E-state index contributed by atoms with van der Waals surface area (Å²) in [4.78, 5) is 50.1.